The molecule has 1 saturated carbocycles. The van der Waals surface area contributed by atoms with E-state index >= 15 is 0 Å². The van der Waals surface area contributed by atoms with Crippen molar-refractivity contribution in [2.75, 3.05) is 0 Å². The molecule has 0 heterocycles. The van der Waals surface area contributed by atoms with Crippen LogP contribution in [0.5, 0.6) is 0 Å². The van der Waals surface area contributed by atoms with Crippen LogP contribution >= 0.6 is 0 Å². The number of hydrogen-bond acceptors (Lipinski definition) is 0. The normalized spacial score (nSPS) is 27.7. The molecular formula is C15H26. The van der Waals surface area contributed by atoms with Gasteiger partial charge in [0, 0.05) is 0 Å². The number of hydrogen-bond donors (Lipinski definition) is 0. The molecule has 0 aromatic carbocycles. The van der Waals surface area contributed by atoms with E-state index in [1.165, 1.54) is 42.4 Å². The zero-order valence-electron chi connectivity index (χ0n) is 11.1. The highest BCUT2D eigenvalue weighted by atomic mass is 14.2. The molecule has 0 bridgehead atoms. The highest BCUT2D eigenvalue weighted by Crippen LogP contribution is 2.30. The molecule has 0 saturated heterocycles. The lowest BCUT2D eigenvalue weighted by molar-refractivity contribution is 0.330. The second kappa shape index (κ2) is 5.53. The van der Waals surface area contributed by atoms with Gasteiger partial charge in [-0.3, -0.25) is 0 Å². The van der Waals surface area contributed by atoms with Gasteiger partial charge in [-0.15, -0.1) is 0 Å². The predicted octanol–water partition coefficient (Wildman–Crippen LogP) is 5.12. The molecule has 0 unspecified atom stereocenters. The van der Waals surface area contributed by atoms with Crippen LogP contribution in [0.4, 0.5) is 0 Å². The maximum atomic E-state index is 2.51. The fourth-order valence-corrected chi connectivity index (χ4v) is 2.33. The highest BCUT2D eigenvalue weighted by Gasteiger charge is 2.16. The van der Waals surface area contributed by atoms with Crippen molar-refractivity contribution >= 4 is 0 Å². The Morgan fingerprint density at radius 2 is 1.47 bits per heavy atom. The molecule has 1 aliphatic carbocycles. The summed E-state index contributed by atoms with van der Waals surface area (Å²) in [4.78, 5) is 0. The summed E-state index contributed by atoms with van der Waals surface area (Å²) in [5.41, 5.74) is 4.43. The van der Waals surface area contributed by atoms with Crippen molar-refractivity contribution in [3.05, 3.63) is 22.8 Å². The fraction of sp³-hybridized carbons (Fsp3) is 0.733. The number of allylic oxidation sites excluding steroid dienone is 4. The van der Waals surface area contributed by atoms with Gasteiger partial charge in [0.2, 0.25) is 0 Å². The van der Waals surface area contributed by atoms with Crippen molar-refractivity contribution in [1.29, 1.82) is 0 Å². The first-order chi connectivity index (χ1) is 7.00. The third-order valence-corrected chi connectivity index (χ3v) is 3.89. The summed E-state index contributed by atoms with van der Waals surface area (Å²) < 4.78 is 0. The second-order valence-electron chi connectivity index (χ2n) is 5.49. The summed E-state index contributed by atoms with van der Waals surface area (Å²) in [6, 6.07) is 0. The molecule has 0 atom stereocenters. The Bertz CT molecular complexity index is 256. The lowest BCUT2D eigenvalue weighted by Gasteiger charge is -2.24. The van der Waals surface area contributed by atoms with E-state index in [0.29, 0.717) is 0 Å². The van der Waals surface area contributed by atoms with Crippen LogP contribution in [0.1, 0.15) is 60.3 Å². The molecule has 0 N–H and O–H groups in total. The van der Waals surface area contributed by atoms with E-state index in [4.69, 9.17) is 0 Å². The fourth-order valence-electron chi connectivity index (χ4n) is 2.33. The standard InChI is InChI=1S/C15H26/c1-11(2)14(5)13(4)10-15-8-6-12(3)7-9-15/h10,12,15H,6-9H2,1-5H3/b13-10+. The van der Waals surface area contributed by atoms with E-state index in [2.05, 4.69) is 40.7 Å². The molecule has 0 spiro atoms. The molecule has 0 aliphatic heterocycles. The summed E-state index contributed by atoms with van der Waals surface area (Å²) in [7, 11) is 0. The van der Waals surface area contributed by atoms with Gasteiger partial charge in [-0.05, 0) is 57.9 Å². The lowest BCUT2D eigenvalue weighted by Crippen LogP contribution is -2.10. The van der Waals surface area contributed by atoms with Crippen LogP contribution in [0.25, 0.3) is 0 Å². The SMILES string of the molecule is CC(C)=C(C)/C(C)=C/C1CCC(C)CC1. The average Bonchev–Trinajstić information content (AvgIpc) is 2.20. The Morgan fingerprint density at radius 1 is 0.933 bits per heavy atom. The summed E-state index contributed by atoms with van der Waals surface area (Å²) in [5, 5.41) is 0. The van der Waals surface area contributed by atoms with Gasteiger partial charge >= 0.3 is 0 Å². The van der Waals surface area contributed by atoms with Gasteiger partial charge in [0.15, 0.2) is 0 Å². The first-order valence-electron chi connectivity index (χ1n) is 6.33. The minimum absolute atomic E-state index is 0.843. The molecule has 0 aromatic heterocycles. The van der Waals surface area contributed by atoms with Crippen LogP contribution in [0.3, 0.4) is 0 Å². The van der Waals surface area contributed by atoms with Crippen molar-refractivity contribution in [2.45, 2.75) is 60.3 Å². The minimum atomic E-state index is 0.843. The van der Waals surface area contributed by atoms with Gasteiger partial charge in [0.05, 0.1) is 0 Å². The second-order valence-corrected chi connectivity index (χ2v) is 5.49. The Balaban J connectivity index is 2.60. The van der Waals surface area contributed by atoms with Gasteiger partial charge in [0.1, 0.15) is 0 Å². The van der Waals surface area contributed by atoms with Crippen LogP contribution in [0.15, 0.2) is 22.8 Å². The van der Waals surface area contributed by atoms with E-state index in [0.717, 1.165) is 11.8 Å². The van der Waals surface area contributed by atoms with Crippen molar-refractivity contribution in [3.63, 3.8) is 0 Å². The third-order valence-electron chi connectivity index (χ3n) is 3.89. The summed E-state index contributed by atoms with van der Waals surface area (Å²) in [6.45, 7) is 11.3. The van der Waals surface area contributed by atoms with Crippen molar-refractivity contribution < 1.29 is 0 Å². The van der Waals surface area contributed by atoms with Gasteiger partial charge < -0.3 is 0 Å². The lowest BCUT2D eigenvalue weighted by atomic mass is 9.82. The van der Waals surface area contributed by atoms with Gasteiger partial charge in [-0.2, -0.15) is 0 Å². The molecule has 86 valence electrons. The van der Waals surface area contributed by atoms with Gasteiger partial charge in [0.25, 0.3) is 0 Å². The topological polar surface area (TPSA) is 0 Å². The maximum absolute atomic E-state index is 2.51. The van der Waals surface area contributed by atoms with Crippen LogP contribution in [-0.4, -0.2) is 0 Å². The molecule has 0 amide bonds. The van der Waals surface area contributed by atoms with E-state index in [1.807, 2.05) is 0 Å². The summed E-state index contributed by atoms with van der Waals surface area (Å²) in [5.74, 6) is 1.80. The van der Waals surface area contributed by atoms with Gasteiger partial charge in [-0.25, -0.2) is 0 Å². The van der Waals surface area contributed by atoms with Crippen molar-refractivity contribution in [3.8, 4) is 0 Å². The Hall–Kier alpha value is -0.520. The first kappa shape index (κ1) is 12.5. The zero-order valence-corrected chi connectivity index (χ0v) is 11.1. The molecular weight excluding hydrogens is 180 g/mol. The van der Waals surface area contributed by atoms with E-state index in [1.54, 1.807) is 0 Å². The van der Waals surface area contributed by atoms with Crippen LogP contribution in [0, 0.1) is 11.8 Å². The highest BCUT2D eigenvalue weighted by molar-refractivity contribution is 5.30. The molecule has 1 rings (SSSR count). The molecule has 1 aliphatic rings. The summed E-state index contributed by atoms with van der Waals surface area (Å²) >= 11 is 0. The van der Waals surface area contributed by atoms with Crippen LogP contribution in [-0.2, 0) is 0 Å². The Morgan fingerprint density at radius 3 is 1.93 bits per heavy atom. The monoisotopic (exact) mass is 206 g/mol. The Labute approximate surface area is 95.5 Å². The van der Waals surface area contributed by atoms with Crippen molar-refractivity contribution in [2.24, 2.45) is 11.8 Å². The Kier molecular flexibility index (Phi) is 4.63. The molecule has 0 heteroatoms. The van der Waals surface area contributed by atoms with Crippen LogP contribution < -0.4 is 0 Å². The van der Waals surface area contributed by atoms with Crippen molar-refractivity contribution in [1.82, 2.24) is 0 Å². The van der Waals surface area contributed by atoms with E-state index < -0.39 is 0 Å². The average molecular weight is 206 g/mol. The molecule has 0 radical (unpaired) electrons. The largest absolute Gasteiger partial charge is 0.0782 e. The van der Waals surface area contributed by atoms with E-state index in [-0.39, 0.29) is 0 Å². The quantitative estimate of drug-likeness (QED) is 0.550. The molecule has 0 aromatic rings. The third kappa shape index (κ3) is 3.85. The summed E-state index contributed by atoms with van der Waals surface area (Å²) in [6.07, 6.45) is 8.14. The molecule has 15 heavy (non-hydrogen) atoms. The predicted molar refractivity (Wildman–Crippen MR) is 68.9 cm³/mol. The smallest absolute Gasteiger partial charge is 0.0228 e. The van der Waals surface area contributed by atoms with E-state index in [9.17, 15) is 0 Å². The first-order valence-corrected chi connectivity index (χ1v) is 6.33. The molecule has 0 nitrogen and oxygen atoms in total. The van der Waals surface area contributed by atoms with Gasteiger partial charge in [-0.1, -0.05) is 37.0 Å². The van der Waals surface area contributed by atoms with Crippen LogP contribution in [0.2, 0.25) is 0 Å². The number of rotatable bonds is 2. The molecule has 1 fully saturated rings. The maximum Gasteiger partial charge on any atom is -0.0228 e. The minimum Gasteiger partial charge on any atom is -0.0782 e. The zero-order chi connectivity index (χ0) is 11.4.